The van der Waals surface area contributed by atoms with Gasteiger partial charge in [0.15, 0.2) is 0 Å². The summed E-state index contributed by atoms with van der Waals surface area (Å²) in [5.41, 5.74) is 3.40. The van der Waals surface area contributed by atoms with Crippen molar-refractivity contribution in [1.29, 1.82) is 0 Å². The van der Waals surface area contributed by atoms with E-state index < -0.39 is 5.97 Å². The number of carboxylic acids is 1. The van der Waals surface area contributed by atoms with Crippen LogP contribution in [0.25, 0.3) is 10.6 Å². The number of pyridine rings is 1. The number of aryl methyl sites for hydroxylation is 1. The van der Waals surface area contributed by atoms with Crippen LogP contribution >= 0.6 is 11.3 Å². The van der Waals surface area contributed by atoms with E-state index in [0.717, 1.165) is 10.6 Å². The minimum Gasteiger partial charge on any atom is -0.478 e. The summed E-state index contributed by atoms with van der Waals surface area (Å²) in [5.74, 6) is -0.930. The largest absolute Gasteiger partial charge is 0.478 e. The van der Waals surface area contributed by atoms with Crippen LogP contribution in [0.1, 0.15) is 23.0 Å². The molecule has 5 heteroatoms. The summed E-state index contributed by atoms with van der Waals surface area (Å²) in [6.45, 7) is 1.89. The van der Waals surface area contributed by atoms with E-state index >= 15 is 0 Å². The van der Waals surface area contributed by atoms with Crippen molar-refractivity contribution in [3.05, 3.63) is 35.1 Å². The van der Waals surface area contributed by atoms with E-state index in [9.17, 15) is 4.79 Å². The predicted molar refractivity (Wildman–Crippen MR) is 61.7 cm³/mol. The Morgan fingerprint density at radius 1 is 1.50 bits per heavy atom. The zero-order chi connectivity index (χ0) is 11.5. The molecule has 4 nitrogen and oxygen atoms in total. The van der Waals surface area contributed by atoms with Crippen LogP contribution in [0.3, 0.4) is 0 Å². The number of carbonyl (C=O) groups is 1. The van der Waals surface area contributed by atoms with E-state index in [-0.39, 0.29) is 5.56 Å². The first kappa shape index (κ1) is 10.8. The van der Waals surface area contributed by atoms with Crippen LogP contribution in [-0.2, 0) is 6.42 Å². The maximum absolute atomic E-state index is 10.9. The molecule has 0 spiro atoms. The molecule has 0 bridgehead atoms. The SMILES string of the molecule is CCc1nc(-c2cncs2)ccc1C(=O)O. The predicted octanol–water partition coefficient (Wildman–Crippen LogP) is 2.47. The highest BCUT2D eigenvalue weighted by atomic mass is 32.1. The molecule has 0 saturated heterocycles. The molecular formula is C11H10N2O2S. The van der Waals surface area contributed by atoms with Gasteiger partial charge in [-0.15, -0.1) is 11.3 Å². The smallest absolute Gasteiger partial charge is 0.337 e. The van der Waals surface area contributed by atoms with Crippen molar-refractivity contribution in [3.63, 3.8) is 0 Å². The second kappa shape index (κ2) is 4.40. The fourth-order valence-electron chi connectivity index (χ4n) is 1.45. The van der Waals surface area contributed by atoms with Gasteiger partial charge in [-0.25, -0.2) is 4.79 Å². The number of aromatic carboxylic acids is 1. The molecule has 2 rings (SSSR count). The Kier molecular flexibility index (Phi) is 2.96. The summed E-state index contributed by atoms with van der Waals surface area (Å²) in [5, 5.41) is 8.97. The molecule has 0 aliphatic rings. The third kappa shape index (κ3) is 1.94. The number of carboxylic acid groups (broad SMARTS) is 1. The van der Waals surface area contributed by atoms with Gasteiger partial charge in [0.2, 0.25) is 0 Å². The van der Waals surface area contributed by atoms with Crippen molar-refractivity contribution < 1.29 is 9.90 Å². The van der Waals surface area contributed by atoms with Gasteiger partial charge in [0.25, 0.3) is 0 Å². The van der Waals surface area contributed by atoms with Crippen molar-refractivity contribution >= 4 is 17.3 Å². The molecule has 0 aliphatic carbocycles. The molecule has 82 valence electrons. The third-order valence-corrected chi connectivity index (χ3v) is 3.02. The standard InChI is InChI=1S/C11H10N2O2S/c1-2-8-7(11(14)15)3-4-9(13-8)10-5-12-6-16-10/h3-6H,2H2,1H3,(H,14,15). The van der Waals surface area contributed by atoms with Crippen molar-refractivity contribution in [2.45, 2.75) is 13.3 Å². The highest BCUT2D eigenvalue weighted by Crippen LogP contribution is 2.22. The van der Waals surface area contributed by atoms with Gasteiger partial charge < -0.3 is 5.11 Å². The summed E-state index contributed by atoms with van der Waals surface area (Å²) in [6.07, 6.45) is 2.33. The molecular weight excluding hydrogens is 224 g/mol. The Morgan fingerprint density at radius 3 is 2.88 bits per heavy atom. The van der Waals surface area contributed by atoms with Gasteiger partial charge in [0.05, 0.1) is 27.3 Å². The molecule has 2 aromatic heterocycles. The quantitative estimate of drug-likeness (QED) is 0.886. The minimum atomic E-state index is -0.930. The zero-order valence-electron chi connectivity index (χ0n) is 8.67. The molecule has 0 amide bonds. The number of aromatic nitrogens is 2. The van der Waals surface area contributed by atoms with Gasteiger partial charge >= 0.3 is 5.97 Å². The van der Waals surface area contributed by atoms with Crippen LogP contribution in [-0.4, -0.2) is 21.0 Å². The number of hydrogen-bond donors (Lipinski definition) is 1. The highest BCUT2D eigenvalue weighted by Gasteiger charge is 2.11. The van der Waals surface area contributed by atoms with E-state index in [1.54, 1.807) is 23.8 Å². The summed E-state index contributed by atoms with van der Waals surface area (Å²) in [4.78, 5) is 20.2. The molecule has 0 atom stereocenters. The lowest BCUT2D eigenvalue weighted by Gasteiger charge is -2.04. The van der Waals surface area contributed by atoms with E-state index in [4.69, 9.17) is 5.11 Å². The molecule has 0 aliphatic heterocycles. The van der Waals surface area contributed by atoms with Crippen LogP contribution in [0.5, 0.6) is 0 Å². The van der Waals surface area contributed by atoms with Gasteiger partial charge in [-0.1, -0.05) is 6.92 Å². The van der Waals surface area contributed by atoms with Crippen molar-refractivity contribution in [2.24, 2.45) is 0 Å². The van der Waals surface area contributed by atoms with Gasteiger partial charge in [-0.2, -0.15) is 0 Å². The van der Waals surface area contributed by atoms with E-state index in [1.165, 1.54) is 11.3 Å². The van der Waals surface area contributed by atoms with Crippen LogP contribution in [0.15, 0.2) is 23.8 Å². The lowest BCUT2D eigenvalue weighted by molar-refractivity contribution is 0.0695. The molecule has 0 aromatic carbocycles. The summed E-state index contributed by atoms with van der Waals surface area (Å²) >= 11 is 1.49. The zero-order valence-corrected chi connectivity index (χ0v) is 9.49. The summed E-state index contributed by atoms with van der Waals surface area (Å²) in [7, 11) is 0. The number of rotatable bonds is 3. The second-order valence-electron chi connectivity index (χ2n) is 3.22. The molecule has 2 aromatic rings. The van der Waals surface area contributed by atoms with Crippen LogP contribution < -0.4 is 0 Å². The van der Waals surface area contributed by atoms with Crippen LogP contribution in [0, 0.1) is 0 Å². The number of thiazole rings is 1. The monoisotopic (exact) mass is 234 g/mol. The van der Waals surface area contributed by atoms with E-state index in [2.05, 4.69) is 9.97 Å². The Balaban J connectivity index is 2.49. The minimum absolute atomic E-state index is 0.274. The first-order chi connectivity index (χ1) is 7.72. The Labute approximate surface area is 96.6 Å². The molecule has 1 N–H and O–H groups in total. The maximum Gasteiger partial charge on any atom is 0.337 e. The highest BCUT2D eigenvalue weighted by molar-refractivity contribution is 7.13. The van der Waals surface area contributed by atoms with E-state index in [0.29, 0.717) is 12.1 Å². The fraction of sp³-hybridized carbons (Fsp3) is 0.182. The number of hydrogen-bond acceptors (Lipinski definition) is 4. The van der Waals surface area contributed by atoms with Crippen molar-refractivity contribution in [3.8, 4) is 10.6 Å². The second-order valence-corrected chi connectivity index (χ2v) is 4.10. The molecule has 0 unspecified atom stereocenters. The molecule has 0 saturated carbocycles. The van der Waals surface area contributed by atoms with Crippen molar-refractivity contribution in [1.82, 2.24) is 9.97 Å². The average molecular weight is 234 g/mol. The Morgan fingerprint density at radius 2 is 2.31 bits per heavy atom. The van der Waals surface area contributed by atoms with Gasteiger partial charge in [0.1, 0.15) is 0 Å². The molecule has 0 radical (unpaired) electrons. The van der Waals surface area contributed by atoms with E-state index in [1.807, 2.05) is 6.92 Å². The van der Waals surface area contributed by atoms with Crippen molar-refractivity contribution in [2.75, 3.05) is 0 Å². The summed E-state index contributed by atoms with van der Waals surface area (Å²) < 4.78 is 0. The lowest BCUT2D eigenvalue weighted by atomic mass is 10.1. The molecule has 16 heavy (non-hydrogen) atoms. The van der Waals surface area contributed by atoms with Gasteiger partial charge in [0, 0.05) is 6.20 Å². The Bertz CT molecular complexity index is 509. The maximum atomic E-state index is 10.9. The average Bonchev–Trinajstić information content (AvgIpc) is 2.81. The molecule has 2 heterocycles. The summed E-state index contributed by atoms with van der Waals surface area (Å²) in [6, 6.07) is 3.32. The first-order valence-electron chi connectivity index (χ1n) is 4.84. The third-order valence-electron chi connectivity index (χ3n) is 2.22. The fourth-order valence-corrected chi connectivity index (χ4v) is 2.04. The molecule has 0 fully saturated rings. The normalized spacial score (nSPS) is 10.3. The van der Waals surface area contributed by atoms with Crippen LogP contribution in [0.4, 0.5) is 0 Å². The van der Waals surface area contributed by atoms with Crippen LogP contribution in [0.2, 0.25) is 0 Å². The van der Waals surface area contributed by atoms with Gasteiger partial charge in [-0.05, 0) is 18.6 Å². The van der Waals surface area contributed by atoms with Gasteiger partial charge in [-0.3, -0.25) is 9.97 Å². The first-order valence-corrected chi connectivity index (χ1v) is 5.72. The topological polar surface area (TPSA) is 63.1 Å². The Hall–Kier alpha value is -1.75. The lowest BCUT2D eigenvalue weighted by Crippen LogP contribution is -2.04. The number of nitrogens with zero attached hydrogens (tertiary/aromatic N) is 2.